The summed E-state index contributed by atoms with van der Waals surface area (Å²) in [6.07, 6.45) is 7.95. The largest absolute Gasteiger partial charge is 0.494 e. The second-order valence-corrected chi connectivity index (χ2v) is 8.04. The number of hydrogen-bond donors (Lipinski definition) is 1. The molecule has 0 spiro atoms. The van der Waals surface area contributed by atoms with Crippen molar-refractivity contribution in [1.82, 2.24) is 5.32 Å². The van der Waals surface area contributed by atoms with Crippen molar-refractivity contribution in [3.63, 3.8) is 0 Å². The molecule has 2 rings (SSSR count). The van der Waals surface area contributed by atoms with Gasteiger partial charge in [-0.2, -0.15) is 0 Å². The second kappa shape index (κ2) is 10.8. The van der Waals surface area contributed by atoms with Crippen molar-refractivity contribution in [2.75, 3.05) is 18.6 Å². The summed E-state index contributed by atoms with van der Waals surface area (Å²) in [6, 6.07) is 4.30. The fourth-order valence-electron chi connectivity index (χ4n) is 3.92. The van der Waals surface area contributed by atoms with Gasteiger partial charge in [0.15, 0.2) is 0 Å². The van der Waals surface area contributed by atoms with Gasteiger partial charge in [0.2, 0.25) is 5.91 Å². The third-order valence-electron chi connectivity index (χ3n) is 5.33. The van der Waals surface area contributed by atoms with E-state index in [1.807, 2.05) is 4.90 Å². The SMILES string of the molecule is C=CCN(c1ccc([N+](=O)[O-])cc1OC)C(CC(C)C)C(=O)NC1CCCCC1. The second-order valence-electron chi connectivity index (χ2n) is 8.04. The van der Waals surface area contributed by atoms with Gasteiger partial charge in [0, 0.05) is 18.7 Å². The molecule has 1 aromatic rings. The number of benzene rings is 1. The van der Waals surface area contributed by atoms with Crippen LogP contribution >= 0.6 is 0 Å². The molecule has 0 aliphatic heterocycles. The van der Waals surface area contributed by atoms with Crippen LogP contribution in [-0.4, -0.2) is 36.6 Å². The van der Waals surface area contributed by atoms with E-state index < -0.39 is 11.0 Å². The molecule has 1 aliphatic carbocycles. The number of methoxy groups -OCH3 is 1. The minimum Gasteiger partial charge on any atom is -0.494 e. The molecule has 7 nitrogen and oxygen atoms in total. The van der Waals surface area contributed by atoms with Crippen molar-refractivity contribution < 1.29 is 14.5 Å². The summed E-state index contributed by atoms with van der Waals surface area (Å²) in [5.41, 5.74) is 0.610. The van der Waals surface area contributed by atoms with E-state index in [4.69, 9.17) is 4.74 Å². The fourth-order valence-corrected chi connectivity index (χ4v) is 3.92. The predicted molar refractivity (Wildman–Crippen MR) is 115 cm³/mol. The minimum atomic E-state index is -0.453. The van der Waals surface area contributed by atoms with E-state index in [1.54, 1.807) is 12.1 Å². The lowest BCUT2D eigenvalue weighted by Gasteiger charge is -2.35. The third kappa shape index (κ3) is 6.21. The van der Waals surface area contributed by atoms with Crippen LogP contribution in [-0.2, 0) is 4.79 Å². The summed E-state index contributed by atoms with van der Waals surface area (Å²) in [5.74, 6) is 0.668. The quantitative estimate of drug-likeness (QED) is 0.354. The zero-order valence-corrected chi connectivity index (χ0v) is 17.7. The number of nitrogens with zero attached hydrogens (tertiary/aromatic N) is 2. The summed E-state index contributed by atoms with van der Waals surface area (Å²) in [7, 11) is 1.48. The maximum atomic E-state index is 13.3. The zero-order valence-electron chi connectivity index (χ0n) is 17.7. The van der Waals surface area contributed by atoms with Crippen molar-refractivity contribution in [2.24, 2.45) is 5.92 Å². The standard InChI is InChI=1S/C22H33N3O4/c1-5-13-24(19-12-11-18(25(27)28)15-21(19)29-4)20(14-16(2)3)22(26)23-17-9-7-6-8-10-17/h5,11-12,15-17,20H,1,6-10,13-14H2,2-4H3,(H,23,26). The summed E-state index contributed by atoms with van der Waals surface area (Å²) in [4.78, 5) is 25.9. The topological polar surface area (TPSA) is 84.7 Å². The molecule has 1 amide bonds. The highest BCUT2D eigenvalue weighted by Gasteiger charge is 2.30. The van der Waals surface area contributed by atoms with E-state index in [-0.39, 0.29) is 17.6 Å². The number of amides is 1. The van der Waals surface area contributed by atoms with Crippen LogP contribution < -0.4 is 15.0 Å². The number of carbonyl (C=O) groups is 1. The van der Waals surface area contributed by atoms with Crippen LogP contribution in [0.4, 0.5) is 11.4 Å². The van der Waals surface area contributed by atoms with Crippen LogP contribution in [0.15, 0.2) is 30.9 Å². The molecule has 0 saturated heterocycles. The lowest BCUT2D eigenvalue weighted by atomic mass is 9.94. The number of nitrogens with one attached hydrogen (secondary N) is 1. The van der Waals surface area contributed by atoms with Gasteiger partial charge in [-0.05, 0) is 31.2 Å². The predicted octanol–water partition coefficient (Wildman–Crippen LogP) is 4.46. The highest BCUT2D eigenvalue weighted by Crippen LogP contribution is 2.34. The first-order valence-electron chi connectivity index (χ1n) is 10.4. The Balaban J connectivity index is 2.36. The molecule has 1 aromatic carbocycles. The van der Waals surface area contributed by atoms with Crippen LogP contribution in [0, 0.1) is 16.0 Å². The lowest BCUT2D eigenvalue weighted by molar-refractivity contribution is -0.384. The number of hydrogen-bond acceptors (Lipinski definition) is 5. The van der Waals surface area contributed by atoms with Crippen molar-refractivity contribution >= 4 is 17.3 Å². The Bertz CT molecular complexity index is 714. The van der Waals surface area contributed by atoms with Gasteiger partial charge in [-0.1, -0.05) is 39.2 Å². The number of nitro benzene ring substituents is 1. The van der Waals surface area contributed by atoms with Gasteiger partial charge >= 0.3 is 0 Å². The first kappa shape index (κ1) is 22.7. The third-order valence-corrected chi connectivity index (χ3v) is 5.33. The number of carbonyl (C=O) groups excluding carboxylic acids is 1. The number of non-ortho nitro benzene ring substituents is 1. The Morgan fingerprint density at radius 1 is 1.38 bits per heavy atom. The Hall–Kier alpha value is -2.57. The Kier molecular flexibility index (Phi) is 8.49. The fraction of sp³-hybridized carbons (Fsp3) is 0.591. The monoisotopic (exact) mass is 403 g/mol. The van der Waals surface area contributed by atoms with E-state index in [0.717, 1.165) is 25.7 Å². The molecular formula is C22H33N3O4. The summed E-state index contributed by atoms with van der Waals surface area (Å²) < 4.78 is 5.44. The number of rotatable bonds is 10. The molecule has 0 radical (unpaired) electrons. The van der Waals surface area contributed by atoms with Crippen molar-refractivity contribution in [3.8, 4) is 5.75 Å². The Morgan fingerprint density at radius 2 is 2.07 bits per heavy atom. The van der Waals surface area contributed by atoms with Gasteiger partial charge in [0.1, 0.15) is 11.8 Å². The molecule has 1 N–H and O–H groups in total. The minimum absolute atomic E-state index is 0.00661. The molecule has 0 aromatic heterocycles. The van der Waals surface area contributed by atoms with Crippen molar-refractivity contribution in [2.45, 2.75) is 64.5 Å². The number of ether oxygens (including phenoxy) is 1. The lowest BCUT2D eigenvalue weighted by Crippen LogP contribution is -2.51. The normalized spacial score (nSPS) is 15.6. The van der Waals surface area contributed by atoms with E-state index in [2.05, 4.69) is 25.7 Å². The van der Waals surface area contributed by atoms with Crippen LogP contribution in [0.1, 0.15) is 52.4 Å². The van der Waals surface area contributed by atoms with Crippen LogP contribution in [0.3, 0.4) is 0 Å². The first-order chi connectivity index (χ1) is 13.9. The van der Waals surface area contributed by atoms with Gasteiger partial charge in [-0.25, -0.2) is 0 Å². The molecule has 1 fully saturated rings. The van der Waals surface area contributed by atoms with Crippen LogP contribution in [0.5, 0.6) is 5.75 Å². The van der Waals surface area contributed by atoms with Gasteiger partial charge < -0.3 is 15.0 Å². The smallest absolute Gasteiger partial charge is 0.273 e. The number of anilines is 1. The zero-order chi connectivity index (χ0) is 21.4. The summed E-state index contributed by atoms with van der Waals surface area (Å²) in [5, 5.41) is 14.4. The molecule has 1 atom stereocenters. The van der Waals surface area contributed by atoms with Gasteiger partial charge in [-0.15, -0.1) is 6.58 Å². The highest BCUT2D eigenvalue weighted by molar-refractivity contribution is 5.86. The van der Waals surface area contributed by atoms with E-state index in [1.165, 1.54) is 25.7 Å². The van der Waals surface area contributed by atoms with Crippen LogP contribution in [0.25, 0.3) is 0 Å². The average molecular weight is 404 g/mol. The molecule has 0 bridgehead atoms. The molecule has 1 aliphatic rings. The molecule has 160 valence electrons. The van der Waals surface area contributed by atoms with Gasteiger partial charge in [0.05, 0.1) is 23.8 Å². The number of nitro groups is 1. The molecule has 1 unspecified atom stereocenters. The van der Waals surface area contributed by atoms with Crippen molar-refractivity contribution in [3.05, 3.63) is 41.0 Å². The van der Waals surface area contributed by atoms with E-state index in [0.29, 0.717) is 30.3 Å². The van der Waals surface area contributed by atoms with E-state index >= 15 is 0 Å². The first-order valence-corrected chi connectivity index (χ1v) is 10.4. The molecule has 1 saturated carbocycles. The Labute approximate surface area is 173 Å². The summed E-state index contributed by atoms with van der Waals surface area (Å²) >= 11 is 0. The molecular weight excluding hydrogens is 370 g/mol. The Morgan fingerprint density at radius 3 is 2.62 bits per heavy atom. The molecule has 0 heterocycles. The van der Waals surface area contributed by atoms with Crippen molar-refractivity contribution in [1.29, 1.82) is 0 Å². The van der Waals surface area contributed by atoms with Crippen LogP contribution in [0.2, 0.25) is 0 Å². The maximum absolute atomic E-state index is 13.3. The molecule has 7 heteroatoms. The van der Waals surface area contributed by atoms with E-state index in [9.17, 15) is 14.9 Å². The maximum Gasteiger partial charge on any atom is 0.273 e. The highest BCUT2D eigenvalue weighted by atomic mass is 16.6. The average Bonchev–Trinajstić information content (AvgIpc) is 2.70. The molecule has 29 heavy (non-hydrogen) atoms. The van der Waals surface area contributed by atoms with Gasteiger partial charge in [-0.3, -0.25) is 14.9 Å². The van der Waals surface area contributed by atoms with Gasteiger partial charge in [0.25, 0.3) is 5.69 Å². The summed E-state index contributed by atoms with van der Waals surface area (Å²) in [6.45, 7) is 8.44.